The number of para-hydroxylation sites is 1. The fourth-order valence-electron chi connectivity index (χ4n) is 9.34. The number of aromatic amines is 1. The first-order valence-electron chi connectivity index (χ1n) is 19.9. The molecule has 5 aliphatic rings. The summed E-state index contributed by atoms with van der Waals surface area (Å²) >= 11 is 1.67. The van der Waals surface area contributed by atoms with Crippen molar-refractivity contribution in [2.45, 2.75) is 45.6 Å². The van der Waals surface area contributed by atoms with Gasteiger partial charge in [0.25, 0.3) is 0 Å². The lowest BCUT2D eigenvalue weighted by Crippen LogP contribution is -2.53. The highest BCUT2D eigenvalue weighted by atomic mass is 32.2. The molecule has 284 valence electrons. The number of hydrogen-bond donors (Lipinski definition) is 2. The molecule has 0 bridgehead atoms. The van der Waals surface area contributed by atoms with Crippen molar-refractivity contribution in [1.82, 2.24) is 24.8 Å². The smallest absolute Gasteiger partial charge is 0.231 e. The molecule has 0 unspecified atom stereocenters. The van der Waals surface area contributed by atoms with Crippen LogP contribution in [0.5, 0.6) is 0 Å². The lowest BCUT2D eigenvalue weighted by molar-refractivity contribution is 0.0965. The largest absolute Gasteiger partial charge is 0.372 e. The number of halogens is 1. The fourth-order valence-corrected chi connectivity index (χ4v) is 10.5. The summed E-state index contributed by atoms with van der Waals surface area (Å²) in [5.41, 5.74) is 11.2. The van der Waals surface area contributed by atoms with Crippen molar-refractivity contribution >= 4 is 63.4 Å². The zero-order valence-corrected chi connectivity index (χ0v) is 32.6. The Bertz CT molecular complexity index is 2260. The molecule has 5 aliphatic heterocycles. The van der Waals surface area contributed by atoms with E-state index in [-0.39, 0.29) is 5.82 Å². The average molecular weight is 757 g/mol. The van der Waals surface area contributed by atoms with Crippen molar-refractivity contribution in [1.29, 1.82) is 0 Å². The highest BCUT2D eigenvalue weighted by Gasteiger charge is 2.37. The minimum Gasteiger partial charge on any atom is -0.372 e. The van der Waals surface area contributed by atoms with Gasteiger partial charge in [-0.3, -0.25) is 9.21 Å². The third kappa shape index (κ3) is 6.33. The zero-order valence-electron chi connectivity index (χ0n) is 31.8. The molecule has 2 aromatic heterocycles. The van der Waals surface area contributed by atoms with E-state index in [0.29, 0.717) is 29.3 Å². The minimum atomic E-state index is -0.228. The molecule has 0 spiro atoms. The molecule has 0 amide bonds. The molecular formula is C43H49FN10S. The number of nitrogens with zero attached hydrogens (tertiary/aromatic N) is 8. The van der Waals surface area contributed by atoms with E-state index in [1.807, 2.05) is 24.4 Å². The normalized spacial score (nSPS) is 20.3. The van der Waals surface area contributed by atoms with E-state index < -0.39 is 0 Å². The minimum absolute atomic E-state index is 0.228. The average Bonchev–Trinajstić information content (AvgIpc) is 4.03. The van der Waals surface area contributed by atoms with Gasteiger partial charge in [0, 0.05) is 94.1 Å². The Kier molecular flexibility index (Phi) is 8.77. The number of benzene rings is 3. The van der Waals surface area contributed by atoms with Gasteiger partial charge in [0.2, 0.25) is 5.95 Å². The number of piperidine rings is 1. The van der Waals surface area contributed by atoms with Crippen LogP contribution >= 0.6 is 12.1 Å². The van der Waals surface area contributed by atoms with Crippen molar-refractivity contribution in [3.05, 3.63) is 102 Å². The van der Waals surface area contributed by atoms with Crippen molar-refractivity contribution in [2.24, 2.45) is 5.92 Å². The second-order valence-corrected chi connectivity index (χ2v) is 16.8. The summed E-state index contributed by atoms with van der Waals surface area (Å²) in [5.74, 6) is 1.52. The molecule has 3 aromatic carbocycles. The number of fused-ring (bicyclic) bond motifs is 1. The first-order chi connectivity index (χ1) is 26.9. The zero-order chi connectivity index (χ0) is 37.2. The Morgan fingerprint density at radius 1 is 0.855 bits per heavy atom. The van der Waals surface area contributed by atoms with E-state index in [2.05, 4.69) is 95.3 Å². The molecule has 0 aliphatic carbocycles. The highest BCUT2D eigenvalue weighted by molar-refractivity contribution is 8.02. The summed E-state index contributed by atoms with van der Waals surface area (Å²) in [4.78, 5) is 22.9. The molecule has 5 aromatic rings. The Labute approximate surface area is 327 Å². The van der Waals surface area contributed by atoms with Crippen LogP contribution in [0.4, 0.5) is 44.6 Å². The lowest BCUT2D eigenvalue weighted by atomic mass is 10.00. The van der Waals surface area contributed by atoms with Crippen LogP contribution in [-0.2, 0) is 6.42 Å². The molecule has 3 saturated heterocycles. The third-order valence-corrected chi connectivity index (χ3v) is 13.8. The first-order valence-corrected chi connectivity index (χ1v) is 20.6. The molecule has 0 radical (unpaired) electrons. The van der Waals surface area contributed by atoms with Crippen LogP contribution in [0.15, 0.2) is 79.1 Å². The fraction of sp³-hybridized carbons (Fsp3) is 0.395. The summed E-state index contributed by atoms with van der Waals surface area (Å²) in [6, 6.07) is 21.3. The van der Waals surface area contributed by atoms with Gasteiger partial charge in [-0.05, 0) is 98.7 Å². The Morgan fingerprint density at radius 2 is 1.69 bits per heavy atom. The number of aryl methyl sites for hydroxylation is 2. The second-order valence-electron chi connectivity index (χ2n) is 15.8. The van der Waals surface area contributed by atoms with E-state index >= 15 is 4.39 Å². The molecular weight excluding hydrogens is 708 g/mol. The van der Waals surface area contributed by atoms with Gasteiger partial charge in [0.15, 0.2) is 5.82 Å². The number of aromatic nitrogens is 3. The Morgan fingerprint density at radius 3 is 2.51 bits per heavy atom. The van der Waals surface area contributed by atoms with Gasteiger partial charge >= 0.3 is 0 Å². The van der Waals surface area contributed by atoms with Crippen molar-refractivity contribution in [3.8, 4) is 0 Å². The van der Waals surface area contributed by atoms with Crippen LogP contribution < -0.4 is 23.7 Å². The van der Waals surface area contributed by atoms with Crippen molar-refractivity contribution in [3.63, 3.8) is 0 Å². The maximum atomic E-state index is 15.8. The quantitative estimate of drug-likeness (QED) is 0.152. The van der Waals surface area contributed by atoms with Gasteiger partial charge in [-0.25, -0.2) is 8.70 Å². The van der Waals surface area contributed by atoms with E-state index in [1.165, 1.54) is 40.2 Å². The van der Waals surface area contributed by atoms with Gasteiger partial charge in [-0.15, -0.1) is 0 Å². The van der Waals surface area contributed by atoms with Crippen molar-refractivity contribution < 1.29 is 4.39 Å². The molecule has 2 N–H and O–H groups in total. The monoisotopic (exact) mass is 756 g/mol. The molecule has 10 nitrogen and oxygen atoms in total. The Hall–Kier alpha value is -4.94. The highest BCUT2D eigenvalue weighted by Crippen LogP contribution is 2.53. The maximum Gasteiger partial charge on any atom is 0.231 e. The van der Waals surface area contributed by atoms with E-state index in [9.17, 15) is 0 Å². The Balaban J connectivity index is 0.741. The van der Waals surface area contributed by atoms with Crippen LogP contribution in [0, 0.1) is 25.6 Å². The molecule has 7 heterocycles. The van der Waals surface area contributed by atoms with Crippen LogP contribution in [-0.4, -0.2) is 89.7 Å². The number of H-pyrrole nitrogens is 1. The predicted octanol–water partition coefficient (Wildman–Crippen LogP) is 8.16. The van der Waals surface area contributed by atoms with Gasteiger partial charge < -0.3 is 25.0 Å². The summed E-state index contributed by atoms with van der Waals surface area (Å²) in [6.07, 6.45) is 6.20. The van der Waals surface area contributed by atoms with Crippen LogP contribution in [0.25, 0.3) is 11.0 Å². The molecule has 12 heteroatoms. The topological polar surface area (TPSA) is 73.0 Å². The number of nitrogens with one attached hydrogen (secondary N) is 2. The maximum absolute atomic E-state index is 15.8. The lowest BCUT2D eigenvalue weighted by Gasteiger charge is -2.44. The molecule has 10 rings (SSSR count). The van der Waals surface area contributed by atoms with Gasteiger partial charge in [0.1, 0.15) is 11.5 Å². The number of anilines is 7. The standard InChI is InChI=1S/C43H49FN10S/c1-28-7-9-35(25-29(28)2)52-17-12-32(27-52)30(3)49-21-23-50(24-22-49)34-14-18-51(19-15-34)38-10-8-33(26-37(38)44)46-43-47-41-36(11-16-45-41)42(48-43)54-39-6-4-5-31-13-20-53(55-54)40(31)39/h4-11,16,25-26,32,34H,3,12-15,17-24,27H2,1-2H3,(H2,45,46,47,48)/t32-/m0/s1. The molecule has 3 fully saturated rings. The summed E-state index contributed by atoms with van der Waals surface area (Å²) < 4.78 is 20.3. The van der Waals surface area contributed by atoms with Crippen molar-refractivity contribution in [2.75, 3.05) is 82.6 Å². The summed E-state index contributed by atoms with van der Waals surface area (Å²) in [6.45, 7) is 18.0. The molecule has 1 atom stereocenters. The van der Waals surface area contributed by atoms with E-state index in [1.54, 1.807) is 18.2 Å². The van der Waals surface area contributed by atoms with Gasteiger partial charge in [-0.2, -0.15) is 9.97 Å². The van der Waals surface area contributed by atoms with Crippen LogP contribution in [0.3, 0.4) is 0 Å². The van der Waals surface area contributed by atoms with Crippen LogP contribution in [0.2, 0.25) is 0 Å². The predicted molar refractivity (Wildman–Crippen MR) is 225 cm³/mol. The molecule has 55 heavy (non-hydrogen) atoms. The first kappa shape index (κ1) is 34.5. The summed E-state index contributed by atoms with van der Waals surface area (Å²) in [7, 11) is 0. The SMILES string of the molecule is C=C([C@H]1CCN(c2ccc(C)c(C)c2)C1)N1CCN(C2CCN(c3ccc(Nc4nc(N5SN6CCc7cccc5c76)c5cc[nH]c5n4)cc3F)CC2)CC1. The summed E-state index contributed by atoms with van der Waals surface area (Å²) in [5, 5.41) is 4.25. The number of piperazine rings is 1. The number of rotatable bonds is 8. The third-order valence-electron chi connectivity index (χ3n) is 12.7. The molecule has 0 saturated carbocycles. The van der Waals surface area contributed by atoms with Gasteiger partial charge in [-0.1, -0.05) is 24.8 Å². The van der Waals surface area contributed by atoms with E-state index in [4.69, 9.17) is 9.97 Å². The number of hydrogen-bond acceptors (Lipinski definition) is 10. The van der Waals surface area contributed by atoms with E-state index in [0.717, 1.165) is 101 Å². The van der Waals surface area contributed by atoms with Crippen LogP contribution in [0.1, 0.15) is 36.0 Å². The van der Waals surface area contributed by atoms with Gasteiger partial charge in [0.05, 0.1) is 34.6 Å². The second kappa shape index (κ2) is 14.0.